The lowest BCUT2D eigenvalue weighted by molar-refractivity contribution is -0.141. The Morgan fingerprint density at radius 3 is 2.48 bits per heavy atom. The maximum absolute atomic E-state index is 12.8. The van der Waals surface area contributed by atoms with E-state index >= 15 is 0 Å². The lowest BCUT2D eigenvalue weighted by Gasteiger charge is -2.23. The third-order valence-corrected chi connectivity index (χ3v) is 4.94. The number of nitrogens with one attached hydrogen (secondary N) is 1. The van der Waals surface area contributed by atoms with Crippen molar-refractivity contribution in [1.29, 1.82) is 0 Å². The van der Waals surface area contributed by atoms with Crippen LogP contribution < -0.4 is 10.1 Å². The van der Waals surface area contributed by atoms with E-state index in [1.165, 1.54) is 12.0 Å². The highest BCUT2D eigenvalue weighted by Gasteiger charge is 2.37. The molecular formula is C23H27N3O5. The average molecular weight is 425 g/mol. The number of carbonyl (C=O) groups is 2. The molecule has 1 saturated heterocycles. The maximum atomic E-state index is 12.8. The summed E-state index contributed by atoms with van der Waals surface area (Å²) in [5.74, 6) is 0.277. The fourth-order valence-electron chi connectivity index (χ4n) is 3.30. The molecular weight excluding hydrogens is 398 g/mol. The number of nitrogens with zero attached hydrogens (tertiary/aromatic N) is 2. The van der Waals surface area contributed by atoms with Crippen LogP contribution in [0.5, 0.6) is 5.75 Å². The summed E-state index contributed by atoms with van der Waals surface area (Å²) in [6.07, 6.45) is 0.318. The van der Waals surface area contributed by atoms with Crippen LogP contribution in [0.1, 0.15) is 17.5 Å². The van der Waals surface area contributed by atoms with Crippen molar-refractivity contribution >= 4 is 17.5 Å². The molecule has 0 spiro atoms. The van der Waals surface area contributed by atoms with Gasteiger partial charge >= 0.3 is 0 Å². The molecule has 8 heteroatoms. The van der Waals surface area contributed by atoms with E-state index in [2.05, 4.69) is 10.5 Å². The number of likely N-dealkylation sites (tertiary alicyclic amines) is 1. The van der Waals surface area contributed by atoms with E-state index in [1.807, 2.05) is 54.6 Å². The highest BCUT2D eigenvalue weighted by atomic mass is 16.6. The summed E-state index contributed by atoms with van der Waals surface area (Å²) in [6, 6.07) is 16.4. The van der Waals surface area contributed by atoms with Crippen LogP contribution in [0.4, 0.5) is 0 Å². The number of ether oxygens (including phenoxy) is 2. The summed E-state index contributed by atoms with van der Waals surface area (Å²) in [6.45, 7) is 0.810. The van der Waals surface area contributed by atoms with Crippen LogP contribution in [0.3, 0.4) is 0 Å². The van der Waals surface area contributed by atoms with Crippen molar-refractivity contribution in [3.8, 4) is 5.75 Å². The molecule has 31 heavy (non-hydrogen) atoms. The van der Waals surface area contributed by atoms with E-state index in [0.717, 1.165) is 16.9 Å². The van der Waals surface area contributed by atoms with Gasteiger partial charge in [0.25, 0.3) is 0 Å². The Morgan fingerprint density at radius 2 is 1.81 bits per heavy atom. The van der Waals surface area contributed by atoms with Crippen molar-refractivity contribution in [2.75, 3.05) is 27.4 Å². The largest absolute Gasteiger partial charge is 0.497 e. The fraction of sp³-hybridized carbons (Fsp3) is 0.348. The standard InChI is InChI=1S/C23H27N3O5/c1-29-16-22(27)26-14-19(25-31-15-18-8-10-20(30-2)11-9-18)12-21(26)23(28)24-13-17-6-4-3-5-7-17/h3-11,21H,12-16H2,1-2H3,(H,24,28)/b25-19+/t21-/m0/s1. The minimum absolute atomic E-state index is 0.0948. The van der Waals surface area contributed by atoms with Crippen molar-refractivity contribution in [3.05, 3.63) is 65.7 Å². The summed E-state index contributed by atoms with van der Waals surface area (Å²) in [7, 11) is 3.06. The first-order valence-corrected chi connectivity index (χ1v) is 10.0. The zero-order valence-electron chi connectivity index (χ0n) is 17.7. The first-order chi connectivity index (χ1) is 15.1. The lowest BCUT2D eigenvalue weighted by atomic mass is 10.1. The fourth-order valence-corrected chi connectivity index (χ4v) is 3.30. The molecule has 1 aliphatic heterocycles. The molecule has 1 atom stereocenters. The van der Waals surface area contributed by atoms with Gasteiger partial charge in [-0.2, -0.15) is 0 Å². The second-order valence-corrected chi connectivity index (χ2v) is 7.16. The van der Waals surface area contributed by atoms with Crippen LogP contribution in [0.15, 0.2) is 59.8 Å². The van der Waals surface area contributed by atoms with Crippen molar-refractivity contribution in [2.45, 2.75) is 25.6 Å². The van der Waals surface area contributed by atoms with Gasteiger partial charge in [0.1, 0.15) is 25.0 Å². The quantitative estimate of drug-likeness (QED) is 0.622. The van der Waals surface area contributed by atoms with Crippen LogP contribution >= 0.6 is 0 Å². The van der Waals surface area contributed by atoms with Gasteiger partial charge in [-0.25, -0.2) is 0 Å². The molecule has 1 heterocycles. The highest BCUT2D eigenvalue weighted by Crippen LogP contribution is 2.18. The predicted molar refractivity (Wildman–Crippen MR) is 116 cm³/mol. The van der Waals surface area contributed by atoms with Gasteiger partial charge in [-0.05, 0) is 23.3 Å². The number of hydrogen-bond donors (Lipinski definition) is 1. The van der Waals surface area contributed by atoms with Gasteiger partial charge in [0.2, 0.25) is 11.8 Å². The van der Waals surface area contributed by atoms with E-state index in [-0.39, 0.29) is 31.6 Å². The maximum Gasteiger partial charge on any atom is 0.249 e. The van der Waals surface area contributed by atoms with Crippen LogP contribution in [0.25, 0.3) is 0 Å². The van der Waals surface area contributed by atoms with E-state index in [0.29, 0.717) is 18.7 Å². The molecule has 2 aromatic rings. The first-order valence-electron chi connectivity index (χ1n) is 10.0. The first kappa shape index (κ1) is 22.3. The second-order valence-electron chi connectivity index (χ2n) is 7.16. The Bertz CT molecular complexity index is 899. The molecule has 0 radical (unpaired) electrons. The number of methoxy groups -OCH3 is 2. The zero-order valence-corrected chi connectivity index (χ0v) is 17.7. The molecule has 164 valence electrons. The van der Waals surface area contributed by atoms with Crippen molar-refractivity contribution < 1.29 is 23.9 Å². The Balaban J connectivity index is 1.60. The van der Waals surface area contributed by atoms with Gasteiger partial charge in [-0.15, -0.1) is 0 Å². The third kappa shape index (κ3) is 6.29. The Labute approximate surface area is 181 Å². The second kappa shape index (κ2) is 11.1. The zero-order chi connectivity index (χ0) is 22.1. The molecule has 0 unspecified atom stereocenters. The van der Waals surface area contributed by atoms with Gasteiger partial charge in [0, 0.05) is 20.1 Å². The molecule has 0 saturated carbocycles. The van der Waals surface area contributed by atoms with E-state index in [1.54, 1.807) is 7.11 Å². The van der Waals surface area contributed by atoms with Gasteiger partial charge in [0.05, 0.1) is 19.4 Å². The van der Waals surface area contributed by atoms with E-state index in [9.17, 15) is 9.59 Å². The van der Waals surface area contributed by atoms with Crippen LogP contribution in [-0.2, 0) is 32.3 Å². The molecule has 0 aromatic heterocycles. The molecule has 1 aliphatic rings. The Hall–Kier alpha value is -3.39. The normalized spacial score (nSPS) is 16.9. The number of oxime groups is 1. The predicted octanol–water partition coefficient (Wildman–Crippen LogP) is 2.13. The molecule has 1 fully saturated rings. The summed E-state index contributed by atoms with van der Waals surface area (Å²) in [5.41, 5.74) is 2.56. The number of rotatable bonds is 9. The Kier molecular flexibility index (Phi) is 8.00. The third-order valence-electron chi connectivity index (χ3n) is 4.94. The summed E-state index contributed by atoms with van der Waals surface area (Å²) < 4.78 is 10.1. The van der Waals surface area contributed by atoms with Crippen LogP contribution in [0.2, 0.25) is 0 Å². The molecule has 2 aromatic carbocycles. The molecule has 2 amide bonds. The Morgan fingerprint density at radius 1 is 1.06 bits per heavy atom. The van der Waals surface area contributed by atoms with Crippen molar-refractivity contribution in [3.63, 3.8) is 0 Å². The smallest absolute Gasteiger partial charge is 0.249 e. The summed E-state index contributed by atoms with van der Waals surface area (Å²) in [5, 5.41) is 7.08. The molecule has 0 aliphatic carbocycles. The monoisotopic (exact) mass is 425 g/mol. The number of carbonyl (C=O) groups excluding carboxylic acids is 2. The van der Waals surface area contributed by atoms with E-state index < -0.39 is 6.04 Å². The average Bonchev–Trinajstić information content (AvgIpc) is 3.23. The van der Waals surface area contributed by atoms with Gasteiger partial charge < -0.3 is 24.5 Å². The van der Waals surface area contributed by atoms with Crippen molar-refractivity contribution in [2.24, 2.45) is 5.16 Å². The summed E-state index contributed by atoms with van der Waals surface area (Å²) in [4.78, 5) is 32.2. The minimum atomic E-state index is -0.644. The van der Waals surface area contributed by atoms with Crippen molar-refractivity contribution in [1.82, 2.24) is 10.2 Å². The summed E-state index contributed by atoms with van der Waals surface area (Å²) >= 11 is 0. The van der Waals surface area contributed by atoms with Crippen LogP contribution in [0, 0.1) is 0 Å². The number of amides is 2. The highest BCUT2D eigenvalue weighted by molar-refractivity contribution is 6.01. The van der Waals surface area contributed by atoms with Gasteiger partial charge in [0.15, 0.2) is 0 Å². The molecule has 3 rings (SSSR count). The molecule has 8 nitrogen and oxygen atoms in total. The van der Waals surface area contributed by atoms with E-state index in [4.69, 9.17) is 14.3 Å². The molecule has 1 N–H and O–H groups in total. The minimum Gasteiger partial charge on any atom is -0.497 e. The lowest BCUT2D eigenvalue weighted by Crippen LogP contribution is -2.46. The van der Waals surface area contributed by atoms with Gasteiger partial charge in [-0.3, -0.25) is 9.59 Å². The number of hydrogen-bond acceptors (Lipinski definition) is 6. The SMILES string of the molecule is COCC(=O)N1C/C(=N/OCc2ccc(OC)cc2)C[C@H]1C(=O)NCc1ccccc1. The number of benzene rings is 2. The van der Waals surface area contributed by atoms with Crippen LogP contribution in [-0.4, -0.2) is 55.8 Å². The molecule has 0 bridgehead atoms. The van der Waals surface area contributed by atoms with Gasteiger partial charge in [-0.1, -0.05) is 47.6 Å². The topological polar surface area (TPSA) is 89.5 Å².